The van der Waals surface area contributed by atoms with Crippen molar-refractivity contribution in [2.45, 2.75) is 6.92 Å². The lowest BCUT2D eigenvalue weighted by atomic mass is 10.3. The van der Waals surface area contributed by atoms with E-state index in [0.717, 1.165) is 0 Å². The number of anilines is 1. The van der Waals surface area contributed by atoms with Gasteiger partial charge in [-0.1, -0.05) is 11.6 Å². The summed E-state index contributed by atoms with van der Waals surface area (Å²) < 4.78 is 5.63. The standard InChI is InChI=1S/C14H14ClN3O2/c1-2-17-14(19)12-8-10(5-6-18-12)20-13-7-9(15)3-4-11(13)16/h3-8H,2,16H2,1H3,(H,17,19). The lowest BCUT2D eigenvalue weighted by molar-refractivity contribution is 0.0950. The lowest BCUT2D eigenvalue weighted by Crippen LogP contribution is -2.23. The maximum atomic E-state index is 11.7. The smallest absolute Gasteiger partial charge is 0.270 e. The van der Waals surface area contributed by atoms with Gasteiger partial charge in [0.25, 0.3) is 5.91 Å². The Morgan fingerprint density at radius 2 is 2.20 bits per heavy atom. The molecule has 0 unspecified atom stereocenters. The van der Waals surface area contributed by atoms with Crippen molar-refractivity contribution in [3.8, 4) is 11.5 Å². The fraction of sp³-hybridized carbons (Fsp3) is 0.143. The van der Waals surface area contributed by atoms with E-state index in [1.165, 1.54) is 6.20 Å². The molecule has 2 aromatic rings. The molecule has 0 atom stereocenters. The van der Waals surface area contributed by atoms with E-state index >= 15 is 0 Å². The van der Waals surface area contributed by atoms with Crippen LogP contribution in [0.5, 0.6) is 11.5 Å². The molecule has 3 N–H and O–H groups in total. The number of carbonyl (C=O) groups is 1. The zero-order chi connectivity index (χ0) is 14.5. The molecule has 104 valence electrons. The number of benzene rings is 1. The molecule has 0 fully saturated rings. The molecular formula is C14H14ClN3O2. The van der Waals surface area contributed by atoms with Gasteiger partial charge in [-0.05, 0) is 25.1 Å². The predicted octanol–water partition coefficient (Wildman–Crippen LogP) is 2.86. The van der Waals surface area contributed by atoms with E-state index < -0.39 is 0 Å². The molecule has 1 aromatic heterocycles. The van der Waals surface area contributed by atoms with E-state index in [9.17, 15) is 4.79 Å². The molecule has 0 saturated heterocycles. The number of hydrogen-bond donors (Lipinski definition) is 2. The van der Waals surface area contributed by atoms with Crippen LogP contribution in [0.4, 0.5) is 5.69 Å². The van der Waals surface area contributed by atoms with Crippen molar-refractivity contribution in [2.75, 3.05) is 12.3 Å². The summed E-state index contributed by atoms with van der Waals surface area (Å²) in [6.45, 7) is 2.37. The fourth-order valence-electron chi connectivity index (χ4n) is 1.57. The first-order chi connectivity index (χ1) is 9.60. The summed E-state index contributed by atoms with van der Waals surface area (Å²) in [5.74, 6) is 0.651. The van der Waals surface area contributed by atoms with Gasteiger partial charge in [0.2, 0.25) is 0 Å². The van der Waals surface area contributed by atoms with Gasteiger partial charge in [-0.25, -0.2) is 0 Å². The molecule has 2 rings (SSSR count). The minimum absolute atomic E-state index is 0.253. The summed E-state index contributed by atoms with van der Waals surface area (Å²) in [5, 5.41) is 3.19. The van der Waals surface area contributed by atoms with Crippen LogP contribution in [-0.4, -0.2) is 17.4 Å². The second-order valence-electron chi connectivity index (χ2n) is 4.02. The molecule has 0 aliphatic rings. The Kier molecular flexibility index (Phi) is 4.42. The number of nitrogen functional groups attached to an aromatic ring is 1. The van der Waals surface area contributed by atoms with Crippen molar-refractivity contribution >= 4 is 23.2 Å². The Morgan fingerprint density at radius 1 is 1.40 bits per heavy atom. The van der Waals surface area contributed by atoms with E-state index in [1.807, 2.05) is 6.92 Å². The highest BCUT2D eigenvalue weighted by Crippen LogP contribution is 2.30. The molecule has 1 amide bonds. The van der Waals surface area contributed by atoms with Crippen LogP contribution in [0.25, 0.3) is 0 Å². The van der Waals surface area contributed by atoms with Gasteiger partial charge in [0.05, 0.1) is 5.69 Å². The van der Waals surface area contributed by atoms with Crippen molar-refractivity contribution in [2.24, 2.45) is 0 Å². The maximum Gasteiger partial charge on any atom is 0.270 e. The van der Waals surface area contributed by atoms with E-state index in [-0.39, 0.29) is 11.6 Å². The molecule has 0 saturated carbocycles. The molecule has 0 radical (unpaired) electrons. The number of ether oxygens (including phenoxy) is 1. The van der Waals surface area contributed by atoms with Crippen LogP contribution < -0.4 is 15.8 Å². The van der Waals surface area contributed by atoms with Crippen molar-refractivity contribution in [1.82, 2.24) is 10.3 Å². The Hall–Kier alpha value is -2.27. The van der Waals surface area contributed by atoms with Gasteiger partial charge in [0.1, 0.15) is 11.4 Å². The van der Waals surface area contributed by atoms with Gasteiger partial charge in [-0.15, -0.1) is 0 Å². The van der Waals surface area contributed by atoms with Crippen molar-refractivity contribution in [1.29, 1.82) is 0 Å². The van der Waals surface area contributed by atoms with Crippen LogP contribution in [0, 0.1) is 0 Å². The zero-order valence-corrected chi connectivity index (χ0v) is 11.6. The number of halogens is 1. The fourth-order valence-corrected chi connectivity index (χ4v) is 1.74. The molecule has 0 aliphatic heterocycles. The molecule has 0 spiro atoms. The Bertz CT molecular complexity index is 632. The number of rotatable bonds is 4. The van der Waals surface area contributed by atoms with Crippen LogP contribution in [-0.2, 0) is 0 Å². The Morgan fingerprint density at radius 3 is 2.95 bits per heavy atom. The van der Waals surface area contributed by atoms with Crippen LogP contribution >= 0.6 is 11.6 Å². The topological polar surface area (TPSA) is 77.2 Å². The van der Waals surface area contributed by atoms with E-state index in [1.54, 1.807) is 30.3 Å². The molecule has 0 bridgehead atoms. The highest BCUT2D eigenvalue weighted by Gasteiger charge is 2.09. The van der Waals surface area contributed by atoms with E-state index in [2.05, 4.69) is 10.3 Å². The normalized spacial score (nSPS) is 10.1. The average molecular weight is 292 g/mol. The maximum absolute atomic E-state index is 11.7. The molecule has 0 aliphatic carbocycles. The minimum atomic E-state index is -0.253. The number of pyridine rings is 1. The predicted molar refractivity (Wildman–Crippen MR) is 78.2 cm³/mol. The first-order valence-electron chi connectivity index (χ1n) is 6.07. The zero-order valence-electron chi connectivity index (χ0n) is 10.9. The summed E-state index contributed by atoms with van der Waals surface area (Å²) in [7, 11) is 0. The van der Waals surface area contributed by atoms with Gasteiger partial charge in [0, 0.05) is 29.9 Å². The molecule has 1 aromatic carbocycles. The Balaban J connectivity index is 2.23. The first-order valence-corrected chi connectivity index (χ1v) is 6.45. The third kappa shape index (κ3) is 3.39. The van der Waals surface area contributed by atoms with Gasteiger partial charge in [-0.3, -0.25) is 9.78 Å². The van der Waals surface area contributed by atoms with Crippen molar-refractivity contribution in [3.63, 3.8) is 0 Å². The third-order valence-electron chi connectivity index (χ3n) is 2.50. The quantitative estimate of drug-likeness (QED) is 0.849. The number of nitrogens with zero attached hydrogens (tertiary/aromatic N) is 1. The number of hydrogen-bond acceptors (Lipinski definition) is 4. The summed E-state index contributed by atoms with van der Waals surface area (Å²) in [5.41, 5.74) is 6.55. The van der Waals surface area contributed by atoms with Crippen molar-refractivity contribution < 1.29 is 9.53 Å². The summed E-state index contributed by atoms with van der Waals surface area (Å²) in [4.78, 5) is 15.7. The molecular weight excluding hydrogens is 278 g/mol. The first kappa shape index (κ1) is 14.1. The second-order valence-corrected chi connectivity index (χ2v) is 4.46. The second kappa shape index (κ2) is 6.25. The molecule has 20 heavy (non-hydrogen) atoms. The largest absolute Gasteiger partial charge is 0.455 e. The monoisotopic (exact) mass is 291 g/mol. The number of nitrogens with one attached hydrogen (secondary N) is 1. The van der Waals surface area contributed by atoms with Crippen molar-refractivity contribution in [3.05, 3.63) is 47.2 Å². The highest BCUT2D eigenvalue weighted by atomic mass is 35.5. The van der Waals surface area contributed by atoms with E-state index in [0.29, 0.717) is 28.8 Å². The highest BCUT2D eigenvalue weighted by molar-refractivity contribution is 6.30. The van der Waals surface area contributed by atoms with Crippen LogP contribution in [0.1, 0.15) is 17.4 Å². The van der Waals surface area contributed by atoms with Crippen LogP contribution in [0.2, 0.25) is 5.02 Å². The van der Waals surface area contributed by atoms with Gasteiger partial charge < -0.3 is 15.8 Å². The van der Waals surface area contributed by atoms with E-state index in [4.69, 9.17) is 22.1 Å². The summed E-state index contributed by atoms with van der Waals surface area (Å²) in [6.07, 6.45) is 1.50. The molecule has 5 nitrogen and oxygen atoms in total. The molecule has 1 heterocycles. The average Bonchev–Trinajstić information content (AvgIpc) is 2.43. The SMILES string of the molecule is CCNC(=O)c1cc(Oc2cc(Cl)ccc2N)ccn1. The van der Waals surface area contributed by atoms with Crippen LogP contribution in [0.15, 0.2) is 36.5 Å². The number of nitrogens with two attached hydrogens (primary N) is 1. The summed E-state index contributed by atoms with van der Waals surface area (Å²) in [6, 6.07) is 8.14. The van der Waals surface area contributed by atoms with Crippen LogP contribution in [0.3, 0.4) is 0 Å². The number of carbonyl (C=O) groups excluding carboxylic acids is 1. The lowest BCUT2D eigenvalue weighted by Gasteiger charge is -2.09. The number of aromatic nitrogens is 1. The van der Waals surface area contributed by atoms with Gasteiger partial charge in [0.15, 0.2) is 5.75 Å². The number of amides is 1. The summed E-state index contributed by atoms with van der Waals surface area (Å²) >= 11 is 5.89. The minimum Gasteiger partial charge on any atom is -0.455 e. The Labute approximate surface area is 121 Å². The van der Waals surface area contributed by atoms with Gasteiger partial charge >= 0.3 is 0 Å². The molecule has 6 heteroatoms. The van der Waals surface area contributed by atoms with Gasteiger partial charge in [-0.2, -0.15) is 0 Å². The third-order valence-corrected chi connectivity index (χ3v) is 2.74.